The van der Waals surface area contributed by atoms with E-state index < -0.39 is 6.67 Å². The fourth-order valence-corrected chi connectivity index (χ4v) is 2.57. The van der Waals surface area contributed by atoms with E-state index in [1.54, 1.807) is 20.3 Å². The number of ether oxygens (including phenoxy) is 2. The molecule has 1 saturated heterocycles. The molecule has 0 bridgehead atoms. The largest absolute Gasteiger partial charge is 0.493 e. The second-order valence-electron chi connectivity index (χ2n) is 4.56. The highest BCUT2D eigenvalue weighted by molar-refractivity contribution is 5.48. The predicted octanol–water partition coefficient (Wildman–Crippen LogP) is 2.64. The Morgan fingerprint density at radius 3 is 2.33 bits per heavy atom. The zero-order valence-corrected chi connectivity index (χ0v) is 11.0. The maximum Gasteiger partial charge on any atom is 0.161 e. The second kappa shape index (κ2) is 6.05. The lowest BCUT2D eigenvalue weighted by Gasteiger charge is -2.25. The Hall–Kier alpha value is -1.29. The number of rotatable bonds is 4. The number of hydrogen-bond donors (Lipinski definition) is 1. The van der Waals surface area contributed by atoms with Crippen LogP contribution in [0.15, 0.2) is 12.1 Å². The highest BCUT2D eigenvalue weighted by Gasteiger charge is 2.20. The van der Waals surface area contributed by atoms with Gasteiger partial charge in [-0.25, -0.2) is 4.39 Å². The van der Waals surface area contributed by atoms with E-state index in [1.807, 2.05) is 6.07 Å². The Kier molecular flexibility index (Phi) is 4.42. The first kappa shape index (κ1) is 13.1. The molecule has 0 radical (unpaired) electrons. The molecule has 1 aliphatic rings. The minimum Gasteiger partial charge on any atom is -0.493 e. The van der Waals surface area contributed by atoms with Gasteiger partial charge >= 0.3 is 0 Å². The molecule has 0 unspecified atom stereocenters. The summed E-state index contributed by atoms with van der Waals surface area (Å²) in [5.41, 5.74) is 1.79. The summed E-state index contributed by atoms with van der Waals surface area (Å²) in [6.07, 6.45) is 2.09. The molecule has 0 aliphatic carbocycles. The average Bonchev–Trinajstić information content (AvgIpc) is 2.46. The first-order chi connectivity index (χ1) is 8.80. The van der Waals surface area contributed by atoms with E-state index in [0.29, 0.717) is 17.4 Å². The molecule has 2 rings (SSSR count). The Morgan fingerprint density at radius 1 is 1.17 bits per heavy atom. The standard InChI is InChI=1S/C14H20FNO2/c1-17-13-7-11(9-15)12(8-14(13)18-2)10-3-5-16-6-4-10/h7-8,10,16H,3-6,9H2,1-2H3. The Bertz CT molecular complexity index is 403. The van der Waals surface area contributed by atoms with Gasteiger partial charge in [0.1, 0.15) is 6.67 Å². The van der Waals surface area contributed by atoms with E-state index >= 15 is 0 Å². The normalized spacial score (nSPS) is 16.6. The molecule has 1 fully saturated rings. The maximum absolute atomic E-state index is 13.2. The van der Waals surface area contributed by atoms with Gasteiger partial charge in [-0.15, -0.1) is 0 Å². The fraction of sp³-hybridized carbons (Fsp3) is 0.571. The molecular formula is C14H20FNO2. The van der Waals surface area contributed by atoms with Gasteiger partial charge in [0, 0.05) is 0 Å². The summed E-state index contributed by atoms with van der Waals surface area (Å²) < 4.78 is 23.7. The van der Waals surface area contributed by atoms with Gasteiger partial charge in [-0.3, -0.25) is 0 Å². The van der Waals surface area contributed by atoms with E-state index in [-0.39, 0.29) is 0 Å². The minimum absolute atomic E-state index is 0.414. The lowest BCUT2D eigenvalue weighted by Crippen LogP contribution is -2.27. The Balaban J connectivity index is 2.37. The van der Waals surface area contributed by atoms with Crippen LogP contribution in [0.25, 0.3) is 0 Å². The minimum atomic E-state index is -0.459. The number of piperidine rings is 1. The summed E-state index contributed by atoms with van der Waals surface area (Å²) in [5.74, 6) is 1.70. The molecule has 1 N–H and O–H groups in total. The molecule has 1 heterocycles. The lowest BCUT2D eigenvalue weighted by molar-refractivity contribution is 0.351. The second-order valence-corrected chi connectivity index (χ2v) is 4.56. The molecule has 18 heavy (non-hydrogen) atoms. The number of benzene rings is 1. The van der Waals surface area contributed by atoms with Crippen molar-refractivity contribution in [2.24, 2.45) is 0 Å². The number of alkyl halides is 1. The average molecular weight is 253 g/mol. The molecule has 4 heteroatoms. The molecule has 0 atom stereocenters. The van der Waals surface area contributed by atoms with Gasteiger partial charge in [0.05, 0.1) is 14.2 Å². The van der Waals surface area contributed by atoms with Crippen molar-refractivity contribution in [2.45, 2.75) is 25.4 Å². The smallest absolute Gasteiger partial charge is 0.161 e. The van der Waals surface area contributed by atoms with Crippen molar-refractivity contribution >= 4 is 0 Å². The van der Waals surface area contributed by atoms with Crippen LogP contribution in [0.4, 0.5) is 4.39 Å². The molecule has 1 aromatic carbocycles. The molecule has 0 amide bonds. The van der Waals surface area contributed by atoms with E-state index in [9.17, 15) is 4.39 Å². The molecule has 0 aromatic heterocycles. The topological polar surface area (TPSA) is 30.5 Å². The zero-order valence-electron chi connectivity index (χ0n) is 11.0. The highest BCUT2D eigenvalue weighted by Crippen LogP contribution is 2.37. The van der Waals surface area contributed by atoms with Gasteiger partial charge in [-0.2, -0.15) is 0 Å². The maximum atomic E-state index is 13.2. The molecule has 1 aliphatic heterocycles. The monoisotopic (exact) mass is 253 g/mol. The molecule has 3 nitrogen and oxygen atoms in total. The predicted molar refractivity (Wildman–Crippen MR) is 69.2 cm³/mol. The number of halogens is 1. The van der Waals surface area contributed by atoms with Crippen molar-refractivity contribution in [2.75, 3.05) is 27.3 Å². The van der Waals surface area contributed by atoms with Crippen molar-refractivity contribution in [1.29, 1.82) is 0 Å². The van der Waals surface area contributed by atoms with Crippen LogP contribution in [0.3, 0.4) is 0 Å². The summed E-state index contributed by atoms with van der Waals surface area (Å²) in [6, 6.07) is 3.69. The SMILES string of the molecule is COc1cc(CF)c(C2CCNCC2)cc1OC. The molecule has 0 spiro atoms. The molecule has 0 saturated carbocycles. The summed E-state index contributed by atoms with van der Waals surface area (Å²) in [6.45, 7) is 1.52. The van der Waals surface area contributed by atoms with Gasteiger partial charge in [-0.1, -0.05) is 0 Å². The van der Waals surface area contributed by atoms with Crippen LogP contribution in [0.1, 0.15) is 29.9 Å². The van der Waals surface area contributed by atoms with Crippen LogP contribution in [0, 0.1) is 0 Å². The van der Waals surface area contributed by atoms with Crippen LogP contribution < -0.4 is 14.8 Å². The third kappa shape index (κ3) is 2.58. The van der Waals surface area contributed by atoms with Crippen LogP contribution in [-0.4, -0.2) is 27.3 Å². The zero-order chi connectivity index (χ0) is 13.0. The summed E-state index contributed by atoms with van der Waals surface area (Å²) in [7, 11) is 3.18. The highest BCUT2D eigenvalue weighted by atomic mass is 19.1. The lowest BCUT2D eigenvalue weighted by atomic mass is 9.87. The van der Waals surface area contributed by atoms with Gasteiger partial charge in [-0.05, 0) is 55.1 Å². The van der Waals surface area contributed by atoms with Crippen LogP contribution in [0.2, 0.25) is 0 Å². The third-order valence-electron chi connectivity index (χ3n) is 3.57. The van der Waals surface area contributed by atoms with Crippen molar-refractivity contribution in [1.82, 2.24) is 5.32 Å². The van der Waals surface area contributed by atoms with Crippen molar-refractivity contribution in [3.63, 3.8) is 0 Å². The van der Waals surface area contributed by atoms with Gasteiger partial charge < -0.3 is 14.8 Å². The molecule has 1 aromatic rings. The van der Waals surface area contributed by atoms with Crippen molar-refractivity contribution in [3.05, 3.63) is 23.3 Å². The summed E-state index contributed by atoms with van der Waals surface area (Å²) >= 11 is 0. The number of hydrogen-bond acceptors (Lipinski definition) is 3. The summed E-state index contributed by atoms with van der Waals surface area (Å²) in [4.78, 5) is 0. The first-order valence-electron chi connectivity index (χ1n) is 6.31. The Morgan fingerprint density at radius 2 is 1.78 bits per heavy atom. The number of nitrogens with one attached hydrogen (secondary N) is 1. The molecular weight excluding hydrogens is 233 g/mol. The van der Waals surface area contributed by atoms with Crippen molar-refractivity contribution < 1.29 is 13.9 Å². The van der Waals surface area contributed by atoms with Crippen LogP contribution in [0.5, 0.6) is 11.5 Å². The van der Waals surface area contributed by atoms with Crippen molar-refractivity contribution in [3.8, 4) is 11.5 Å². The Labute approximate surface area is 107 Å². The van der Waals surface area contributed by atoms with Crippen LogP contribution >= 0.6 is 0 Å². The van der Waals surface area contributed by atoms with E-state index in [2.05, 4.69) is 5.32 Å². The van der Waals surface area contributed by atoms with Crippen LogP contribution in [-0.2, 0) is 6.67 Å². The fourth-order valence-electron chi connectivity index (χ4n) is 2.57. The third-order valence-corrected chi connectivity index (χ3v) is 3.57. The van der Waals surface area contributed by atoms with E-state index in [0.717, 1.165) is 37.1 Å². The van der Waals surface area contributed by atoms with Gasteiger partial charge in [0.25, 0.3) is 0 Å². The van der Waals surface area contributed by atoms with Gasteiger partial charge in [0.2, 0.25) is 0 Å². The van der Waals surface area contributed by atoms with Gasteiger partial charge in [0.15, 0.2) is 11.5 Å². The number of methoxy groups -OCH3 is 2. The quantitative estimate of drug-likeness (QED) is 0.894. The molecule has 100 valence electrons. The first-order valence-corrected chi connectivity index (χ1v) is 6.31. The summed E-state index contributed by atoms with van der Waals surface area (Å²) in [5, 5.41) is 3.32. The van der Waals surface area contributed by atoms with E-state index in [1.165, 1.54) is 0 Å². The van der Waals surface area contributed by atoms with E-state index in [4.69, 9.17) is 9.47 Å².